The number of ketones is 1. The largest absolute Gasteiger partial charge is 0.458 e. The lowest BCUT2D eigenvalue weighted by Crippen LogP contribution is -2.54. The predicted molar refractivity (Wildman–Crippen MR) is 285 cm³/mol. The second-order valence-corrected chi connectivity index (χ2v) is 20.5. The number of carbonyl (C=O) groups excluding carboxylic acids is 8. The fourth-order valence-corrected chi connectivity index (χ4v) is 10.1. The molecule has 0 bridgehead atoms. The first-order valence-electron chi connectivity index (χ1n) is 26.5. The summed E-state index contributed by atoms with van der Waals surface area (Å²) in [6.07, 6.45) is 0.0261. The van der Waals surface area contributed by atoms with Crippen LogP contribution < -0.4 is 48.9 Å². The number of halogens is 1. The van der Waals surface area contributed by atoms with Gasteiger partial charge in [0.25, 0.3) is 11.5 Å². The van der Waals surface area contributed by atoms with Crippen molar-refractivity contribution >= 4 is 64.1 Å². The highest BCUT2D eigenvalue weighted by molar-refractivity contribution is 6.01. The summed E-state index contributed by atoms with van der Waals surface area (Å²) in [6.45, 7) is 9.89. The number of nitrogens with one attached hydrogen (secondary N) is 6. The topological polar surface area (TPSA) is 344 Å². The smallest absolute Gasteiger partial charge is 0.407 e. The van der Waals surface area contributed by atoms with Gasteiger partial charge in [-0.05, 0) is 79.8 Å². The molecular weight excluding hydrogens is 1030 g/mol. The van der Waals surface area contributed by atoms with Crippen molar-refractivity contribution in [2.45, 2.75) is 130 Å². The van der Waals surface area contributed by atoms with Crippen LogP contribution in [-0.4, -0.2) is 107 Å². The van der Waals surface area contributed by atoms with Crippen molar-refractivity contribution in [1.82, 2.24) is 36.1 Å². The summed E-state index contributed by atoms with van der Waals surface area (Å²) in [5.74, 6) is -4.37. The van der Waals surface area contributed by atoms with Crippen molar-refractivity contribution in [1.29, 1.82) is 0 Å². The molecule has 2 aromatic carbocycles. The SMILES string of the molecule is CC[C@@]1(O)C(=O)OCc2c1cc1n(c2=O)Cc2c-1nc1cc(F)c(C)c3c1c2[C@@H](NC(=O)OCc1ccc(NC(=O)[C@H](CCCNC(N)=O)NC(=O)[C@@H](NC(=O)CCOCCC(=O)C(C)C)C(C)C)cc1C(=O)NCCN)CC3. The normalized spacial score (nSPS) is 16.7. The number of hydrogen-bond donors (Lipinski definition) is 9. The van der Waals surface area contributed by atoms with Crippen LogP contribution in [0, 0.1) is 24.6 Å². The molecule has 3 aliphatic rings. The molecule has 2 aliphatic heterocycles. The highest BCUT2D eigenvalue weighted by Crippen LogP contribution is 2.46. The van der Waals surface area contributed by atoms with E-state index < -0.39 is 89.4 Å². The fourth-order valence-electron chi connectivity index (χ4n) is 10.1. The summed E-state index contributed by atoms with van der Waals surface area (Å²) < 4.78 is 33.5. The molecule has 4 aromatic rings. The molecule has 0 fully saturated rings. The molecule has 24 heteroatoms. The van der Waals surface area contributed by atoms with Crippen molar-refractivity contribution < 1.29 is 62.1 Å². The minimum Gasteiger partial charge on any atom is -0.458 e. The van der Waals surface area contributed by atoms with Gasteiger partial charge < -0.3 is 67.3 Å². The zero-order valence-corrected chi connectivity index (χ0v) is 45.2. The number of fused-ring (bicyclic) bond motifs is 5. The van der Waals surface area contributed by atoms with Crippen LogP contribution >= 0.6 is 0 Å². The maximum Gasteiger partial charge on any atom is 0.407 e. The molecule has 1 aliphatic carbocycles. The van der Waals surface area contributed by atoms with Gasteiger partial charge in [-0.3, -0.25) is 28.8 Å². The van der Waals surface area contributed by atoms with E-state index in [4.69, 9.17) is 30.7 Å². The van der Waals surface area contributed by atoms with E-state index in [-0.39, 0.29) is 123 Å². The minimum atomic E-state index is -2.08. The van der Waals surface area contributed by atoms with Crippen LogP contribution in [0.1, 0.15) is 128 Å². The number of carbonyl (C=O) groups is 8. The molecule has 0 spiro atoms. The molecular formula is C55H69FN10O13. The van der Waals surface area contributed by atoms with Crippen LogP contribution in [0.15, 0.2) is 35.1 Å². The molecule has 0 radical (unpaired) electrons. The van der Waals surface area contributed by atoms with E-state index in [1.165, 1.54) is 28.8 Å². The first-order valence-corrected chi connectivity index (χ1v) is 26.5. The number of hydrogen-bond acceptors (Lipinski definition) is 15. The Morgan fingerprint density at radius 3 is 2.41 bits per heavy atom. The number of ether oxygens (including phenoxy) is 3. The summed E-state index contributed by atoms with van der Waals surface area (Å²) in [7, 11) is 0. The van der Waals surface area contributed by atoms with Gasteiger partial charge in [0.15, 0.2) is 5.60 Å². The highest BCUT2D eigenvalue weighted by Gasteiger charge is 2.46. The van der Waals surface area contributed by atoms with Gasteiger partial charge in [0, 0.05) is 77.8 Å². The third kappa shape index (κ3) is 13.0. The molecule has 4 heterocycles. The lowest BCUT2D eigenvalue weighted by Gasteiger charge is -2.31. The van der Waals surface area contributed by atoms with Crippen LogP contribution in [0.4, 0.5) is 19.7 Å². The number of aryl methyl sites for hydroxylation is 1. The van der Waals surface area contributed by atoms with Crippen molar-refractivity contribution in [3.05, 3.63) is 91.0 Å². The van der Waals surface area contributed by atoms with Gasteiger partial charge in [0.1, 0.15) is 36.9 Å². The molecule has 7 amide bonds. The Labute approximate surface area is 454 Å². The molecule has 7 rings (SSSR count). The average molecular weight is 1100 g/mol. The molecule has 0 unspecified atom stereocenters. The zero-order chi connectivity index (χ0) is 57.5. The fraction of sp³-hybridized carbons (Fsp3) is 0.491. The summed E-state index contributed by atoms with van der Waals surface area (Å²) in [5.41, 5.74) is 12.1. The van der Waals surface area contributed by atoms with Gasteiger partial charge in [-0.2, -0.15) is 0 Å². The number of nitrogens with zero attached hydrogens (tertiary/aromatic N) is 2. The second kappa shape index (κ2) is 25.3. The van der Waals surface area contributed by atoms with Crippen LogP contribution in [0.25, 0.3) is 22.3 Å². The number of primary amides is 1. The number of cyclic esters (lactones) is 1. The second-order valence-electron chi connectivity index (χ2n) is 20.5. The number of pyridine rings is 2. The summed E-state index contributed by atoms with van der Waals surface area (Å²) >= 11 is 0. The lowest BCUT2D eigenvalue weighted by molar-refractivity contribution is -0.172. The van der Waals surface area contributed by atoms with Crippen LogP contribution in [-0.2, 0) is 70.0 Å². The minimum absolute atomic E-state index is 0.00844. The maximum atomic E-state index is 15.5. The standard InChI is InChI=1S/C55H69FN10O13/c1-7-55(76)36-22-41-47-34(24-66(41)51(72)35(36)26-78-52(55)73)45-38(13-12-32-29(6)37(56)23-40(62-47)44(32)45)64-54(75)79-25-30-10-11-31(21-33(30)48(69)59-18-16-57)61-49(70)39(9-8-17-60-53(58)74)63-50(71)46(28(4)5)65-43(68)15-20-77-19-14-42(67)27(2)3/h10-11,21-23,27-28,38-39,46,76H,7-9,12-20,24-26,57H2,1-6H3,(H,59,69)(H,61,70)(H,63,71)(H,64,75)(H,65,68)(H3,58,60,74)/t38-,39-,46-,55-/m0/s1. The van der Waals surface area contributed by atoms with Gasteiger partial charge in [0.05, 0.1) is 48.3 Å². The number of benzene rings is 2. The summed E-state index contributed by atoms with van der Waals surface area (Å²) in [6, 6.07) is 3.34. The van der Waals surface area contributed by atoms with Crippen LogP contribution in [0.2, 0.25) is 0 Å². The maximum absolute atomic E-state index is 15.5. The number of alkyl carbamates (subject to hydrolysis) is 1. The molecule has 11 N–H and O–H groups in total. The third-order valence-corrected chi connectivity index (χ3v) is 14.6. The molecule has 2 aromatic heterocycles. The average Bonchev–Trinajstić information content (AvgIpc) is 3.83. The number of urea groups is 1. The number of anilines is 1. The van der Waals surface area contributed by atoms with E-state index in [0.29, 0.717) is 51.9 Å². The zero-order valence-electron chi connectivity index (χ0n) is 45.2. The van der Waals surface area contributed by atoms with Gasteiger partial charge in [-0.25, -0.2) is 23.8 Å². The van der Waals surface area contributed by atoms with Crippen molar-refractivity contribution in [3.8, 4) is 11.4 Å². The van der Waals surface area contributed by atoms with E-state index in [9.17, 15) is 48.3 Å². The monoisotopic (exact) mass is 1100 g/mol. The molecule has 79 heavy (non-hydrogen) atoms. The Bertz CT molecular complexity index is 3140. The molecule has 4 atom stereocenters. The summed E-state index contributed by atoms with van der Waals surface area (Å²) in [5, 5.41) is 28.3. The Morgan fingerprint density at radius 1 is 0.962 bits per heavy atom. The number of amides is 7. The quantitative estimate of drug-likeness (QED) is 0.0317. The lowest BCUT2D eigenvalue weighted by atomic mass is 9.81. The van der Waals surface area contributed by atoms with Crippen molar-refractivity contribution in [2.24, 2.45) is 23.3 Å². The van der Waals surface area contributed by atoms with Gasteiger partial charge >= 0.3 is 18.1 Å². The Kier molecular flexibility index (Phi) is 18.9. The van der Waals surface area contributed by atoms with Gasteiger partial charge in [-0.15, -0.1) is 0 Å². The van der Waals surface area contributed by atoms with E-state index in [1.807, 2.05) is 0 Å². The predicted octanol–water partition coefficient (Wildman–Crippen LogP) is 3.16. The number of Topliss-reactive ketones (excluding diaryl/α,β-unsaturated/α-hetero) is 1. The molecule has 424 valence electrons. The van der Waals surface area contributed by atoms with E-state index >= 15 is 4.39 Å². The van der Waals surface area contributed by atoms with Crippen LogP contribution in [0.3, 0.4) is 0 Å². The molecule has 0 saturated heterocycles. The number of nitrogens with two attached hydrogens (primary N) is 2. The molecule has 0 saturated carbocycles. The highest BCUT2D eigenvalue weighted by atomic mass is 19.1. The van der Waals surface area contributed by atoms with E-state index in [1.54, 1.807) is 47.6 Å². The number of esters is 1. The number of aromatic nitrogens is 2. The summed E-state index contributed by atoms with van der Waals surface area (Å²) in [4.78, 5) is 123. The Morgan fingerprint density at radius 2 is 1.71 bits per heavy atom. The van der Waals surface area contributed by atoms with Gasteiger partial charge in [0.2, 0.25) is 17.7 Å². The first kappa shape index (κ1) is 58.8. The van der Waals surface area contributed by atoms with E-state index in [0.717, 1.165) is 0 Å². The molecule has 23 nitrogen and oxygen atoms in total. The van der Waals surface area contributed by atoms with Crippen molar-refractivity contribution in [2.75, 3.05) is 38.2 Å². The Hall–Kier alpha value is -7.83. The van der Waals surface area contributed by atoms with Gasteiger partial charge in [-0.1, -0.05) is 40.7 Å². The van der Waals surface area contributed by atoms with Crippen LogP contribution in [0.5, 0.6) is 0 Å². The first-order chi connectivity index (χ1) is 37.6. The third-order valence-electron chi connectivity index (χ3n) is 14.6. The number of aliphatic hydroxyl groups is 1. The van der Waals surface area contributed by atoms with Crippen molar-refractivity contribution in [3.63, 3.8) is 0 Å². The van der Waals surface area contributed by atoms with E-state index in [2.05, 4.69) is 31.9 Å². The number of rotatable bonds is 24. The Balaban J connectivity index is 1.09.